The smallest absolute Gasteiger partial charge is 0.263 e. The Hall–Kier alpha value is -2.16. The summed E-state index contributed by atoms with van der Waals surface area (Å²) < 4.78 is 16.0. The quantitative estimate of drug-likeness (QED) is 0.830. The first-order valence-electron chi connectivity index (χ1n) is 8.52. The zero-order chi connectivity index (χ0) is 18.0. The van der Waals surface area contributed by atoms with Gasteiger partial charge in [0, 0.05) is 30.7 Å². The van der Waals surface area contributed by atoms with Crippen molar-refractivity contribution < 1.29 is 24.1 Å². The third kappa shape index (κ3) is 3.40. The SMILES string of the molecule is O=C(NCC1(CO)CCOCC1)c1cnc(-c2ccc3c(c2)OCO3)s1. The maximum absolute atomic E-state index is 12.5. The fourth-order valence-corrected chi connectivity index (χ4v) is 3.92. The molecule has 4 rings (SSSR count). The number of rotatable bonds is 5. The molecule has 1 amide bonds. The standard InChI is InChI=1S/C18H20N2O5S/c21-10-18(3-5-23-6-4-18)9-20-16(22)15-8-19-17(26-15)12-1-2-13-14(7-12)25-11-24-13/h1-2,7-8,21H,3-6,9-11H2,(H,20,22). The molecule has 1 fully saturated rings. The number of nitrogens with one attached hydrogen (secondary N) is 1. The van der Waals surface area contributed by atoms with Gasteiger partial charge in [-0.25, -0.2) is 4.98 Å². The van der Waals surface area contributed by atoms with Crippen molar-refractivity contribution in [3.05, 3.63) is 29.3 Å². The second-order valence-electron chi connectivity index (χ2n) is 6.55. The molecule has 1 saturated heterocycles. The summed E-state index contributed by atoms with van der Waals surface area (Å²) in [4.78, 5) is 17.4. The maximum atomic E-state index is 12.5. The second kappa shape index (κ2) is 7.22. The van der Waals surface area contributed by atoms with E-state index in [2.05, 4.69) is 10.3 Å². The van der Waals surface area contributed by atoms with E-state index in [-0.39, 0.29) is 24.7 Å². The highest BCUT2D eigenvalue weighted by molar-refractivity contribution is 7.16. The first-order valence-corrected chi connectivity index (χ1v) is 9.33. The van der Waals surface area contributed by atoms with Crippen LogP contribution in [0.25, 0.3) is 10.6 Å². The lowest BCUT2D eigenvalue weighted by Gasteiger charge is -2.35. The summed E-state index contributed by atoms with van der Waals surface area (Å²) in [7, 11) is 0. The molecule has 1 aromatic heterocycles. The predicted molar refractivity (Wildman–Crippen MR) is 95.6 cm³/mol. The van der Waals surface area contributed by atoms with Gasteiger partial charge < -0.3 is 24.6 Å². The summed E-state index contributed by atoms with van der Waals surface area (Å²) in [5.41, 5.74) is 0.591. The van der Waals surface area contributed by atoms with E-state index in [0.29, 0.717) is 36.1 Å². The highest BCUT2D eigenvalue weighted by Gasteiger charge is 2.32. The number of aliphatic hydroxyl groups excluding tert-OH is 1. The number of aromatic nitrogens is 1. The van der Waals surface area contributed by atoms with Gasteiger partial charge >= 0.3 is 0 Å². The summed E-state index contributed by atoms with van der Waals surface area (Å²) in [5.74, 6) is 1.23. The van der Waals surface area contributed by atoms with Crippen LogP contribution >= 0.6 is 11.3 Å². The Kier molecular flexibility index (Phi) is 4.80. The largest absolute Gasteiger partial charge is 0.454 e. The molecule has 0 saturated carbocycles. The third-order valence-electron chi connectivity index (χ3n) is 4.86. The van der Waals surface area contributed by atoms with E-state index in [1.807, 2.05) is 18.2 Å². The predicted octanol–water partition coefficient (Wildman–Crippen LogP) is 2.06. The molecule has 26 heavy (non-hydrogen) atoms. The van der Waals surface area contributed by atoms with Crippen LogP contribution in [-0.2, 0) is 4.74 Å². The summed E-state index contributed by atoms with van der Waals surface area (Å²) >= 11 is 1.33. The summed E-state index contributed by atoms with van der Waals surface area (Å²) in [6, 6.07) is 5.61. The molecule has 0 bridgehead atoms. The van der Waals surface area contributed by atoms with Gasteiger partial charge in [-0.15, -0.1) is 11.3 Å². The molecule has 0 radical (unpaired) electrons. The molecule has 2 aliphatic rings. The van der Waals surface area contributed by atoms with Gasteiger partial charge in [-0.2, -0.15) is 0 Å². The Balaban J connectivity index is 1.43. The van der Waals surface area contributed by atoms with Crippen LogP contribution in [-0.4, -0.2) is 49.2 Å². The lowest BCUT2D eigenvalue weighted by atomic mass is 9.81. The van der Waals surface area contributed by atoms with Gasteiger partial charge in [0.05, 0.1) is 12.8 Å². The van der Waals surface area contributed by atoms with Crippen LogP contribution in [0.15, 0.2) is 24.4 Å². The topological polar surface area (TPSA) is 89.9 Å². The molecule has 2 aromatic rings. The van der Waals surface area contributed by atoms with Crippen LogP contribution in [0.3, 0.4) is 0 Å². The third-order valence-corrected chi connectivity index (χ3v) is 5.91. The van der Waals surface area contributed by atoms with Crippen molar-refractivity contribution in [3.8, 4) is 22.1 Å². The molecule has 2 N–H and O–H groups in total. The second-order valence-corrected chi connectivity index (χ2v) is 7.58. The van der Waals surface area contributed by atoms with Gasteiger partial charge in [0.25, 0.3) is 5.91 Å². The molecule has 0 spiro atoms. The monoisotopic (exact) mass is 376 g/mol. The minimum absolute atomic E-state index is 0.0434. The average Bonchev–Trinajstić information content (AvgIpc) is 3.35. The van der Waals surface area contributed by atoms with Crippen molar-refractivity contribution >= 4 is 17.2 Å². The fourth-order valence-electron chi connectivity index (χ4n) is 3.09. The Morgan fingerprint density at radius 2 is 2.08 bits per heavy atom. The lowest BCUT2D eigenvalue weighted by molar-refractivity contribution is -0.0146. The van der Waals surface area contributed by atoms with Gasteiger partial charge in [0.1, 0.15) is 9.88 Å². The van der Waals surface area contributed by atoms with E-state index in [1.54, 1.807) is 6.20 Å². The molecule has 8 heteroatoms. The van der Waals surface area contributed by atoms with Gasteiger partial charge in [-0.1, -0.05) is 0 Å². The highest BCUT2D eigenvalue weighted by atomic mass is 32.1. The number of carbonyl (C=O) groups is 1. The highest BCUT2D eigenvalue weighted by Crippen LogP contribution is 2.37. The van der Waals surface area contributed by atoms with E-state index in [1.165, 1.54) is 11.3 Å². The molecular weight excluding hydrogens is 356 g/mol. The van der Waals surface area contributed by atoms with Gasteiger partial charge in [-0.05, 0) is 31.0 Å². The maximum Gasteiger partial charge on any atom is 0.263 e. The van der Waals surface area contributed by atoms with E-state index in [9.17, 15) is 9.90 Å². The van der Waals surface area contributed by atoms with Crippen molar-refractivity contribution in [2.75, 3.05) is 33.2 Å². The molecule has 0 atom stereocenters. The van der Waals surface area contributed by atoms with Crippen LogP contribution in [0.4, 0.5) is 0 Å². The van der Waals surface area contributed by atoms with E-state index in [0.717, 1.165) is 23.4 Å². The molecule has 7 nitrogen and oxygen atoms in total. The number of amides is 1. The van der Waals surface area contributed by atoms with Crippen LogP contribution in [0.5, 0.6) is 11.5 Å². The normalized spacial score (nSPS) is 17.9. The molecule has 0 unspecified atom stereocenters. The van der Waals surface area contributed by atoms with Crippen molar-refractivity contribution in [2.24, 2.45) is 5.41 Å². The zero-order valence-electron chi connectivity index (χ0n) is 14.2. The van der Waals surface area contributed by atoms with Crippen molar-refractivity contribution in [3.63, 3.8) is 0 Å². The minimum Gasteiger partial charge on any atom is -0.454 e. The molecule has 138 valence electrons. The number of carbonyl (C=O) groups excluding carboxylic acids is 1. The van der Waals surface area contributed by atoms with E-state index in [4.69, 9.17) is 14.2 Å². The fraction of sp³-hybridized carbons (Fsp3) is 0.444. The first-order chi connectivity index (χ1) is 12.7. The Morgan fingerprint density at radius 3 is 2.88 bits per heavy atom. The van der Waals surface area contributed by atoms with Crippen molar-refractivity contribution in [2.45, 2.75) is 12.8 Å². The number of ether oxygens (including phenoxy) is 3. The Bertz CT molecular complexity index is 801. The van der Waals surface area contributed by atoms with Crippen molar-refractivity contribution in [1.29, 1.82) is 0 Å². The van der Waals surface area contributed by atoms with Gasteiger partial charge in [0.2, 0.25) is 6.79 Å². The Labute approximate surface area is 154 Å². The number of nitrogens with zero attached hydrogens (tertiary/aromatic N) is 1. The molecular formula is C18H20N2O5S. The van der Waals surface area contributed by atoms with E-state index >= 15 is 0 Å². The number of hydrogen-bond acceptors (Lipinski definition) is 7. The summed E-state index contributed by atoms with van der Waals surface area (Å²) in [6.07, 6.45) is 3.07. The number of hydrogen-bond donors (Lipinski definition) is 2. The van der Waals surface area contributed by atoms with Crippen LogP contribution in [0.2, 0.25) is 0 Å². The van der Waals surface area contributed by atoms with Crippen LogP contribution in [0, 0.1) is 5.41 Å². The molecule has 1 aromatic carbocycles. The van der Waals surface area contributed by atoms with Crippen LogP contribution in [0.1, 0.15) is 22.5 Å². The molecule has 0 aliphatic carbocycles. The van der Waals surface area contributed by atoms with Crippen molar-refractivity contribution in [1.82, 2.24) is 10.3 Å². The summed E-state index contributed by atoms with van der Waals surface area (Å²) in [6.45, 7) is 1.93. The Morgan fingerprint density at radius 1 is 1.27 bits per heavy atom. The minimum atomic E-state index is -0.293. The zero-order valence-corrected chi connectivity index (χ0v) is 15.0. The first kappa shape index (κ1) is 17.3. The number of aliphatic hydroxyl groups is 1. The molecule has 3 heterocycles. The van der Waals surface area contributed by atoms with Gasteiger partial charge in [-0.3, -0.25) is 4.79 Å². The van der Waals surface area contributed by atoms with Gasteiger partial charge in [0.15, 0.2) is 11.5 Å². The molecule has 2 aliphatic heterocycles. The lowest BCUT2D eigenvalue weighted by Crippen LogP contribution is -2.43. The number of benzene rings is 1. The summed E-state index contributed by atoms with van der Waals surface area (Å²) in [5, 5.41) is 13.4. The number of fused-ring (bicyclic) bond motifs is 1. The van der Waals surface area contributed by atoms with E-state index < -0.39 is 0 Å². The average molecular weight is 376 g/mol. The van der Waals surface area contributed by atoms with Crippen LogP contribution < -0.4 is 14.8 Å². The number of thiazole rings is 1.